The van der Waals surface area contributed by atoms with Crippen molar-refractivity contribution in [1.82, 2.24) is 10.3 Å². The van der Waals surface area contributed by atoms with Crippen LogP contribution >= 0.6 is 0 Å². The highest BCUT2D eigenvalue weighted by atomic mass is 16.1. The first kappa shape index (κ1) is 16.7. The fourth-order valence-electron chi connectivity index (χ4n) is 2.07. The minimum atomic E-state index is -0.0807. The maximum atomic E-state index is 10.8. The molecular formula is C15H23N5O. The Morgan fingerprint density at radius 2 is 2.24 bits per heavy atom. The second kappa shape index (κ2) is 7.42. The predicted octanol–water partition coefficient (Wildman–Crippen LogP) is 1.28. The third-order valence-electron chi connectivity index (χ3n) is 3.41. The number of hydrogen-bond donors (Lipinski definition) is 4. The molecule has 2 atom stereocenters. The van der Waals surface area contributed by atoms with Crippen LogP contribution in [0.3, 0.4) is 0 Å². The molecule has 0 amide bonds. The lowest BCUT2D eigenvalue weighted by Crippen LogP contribution is -2.35. The molecule has 1 rings (SSSR count). The number of pyridine rings is 1. The van der Waals surface area contributed by atoms with Crippen molar-refractivity contribution < 1.29 is 4.79 Å². The van der Waals surface area contributed by atoms with Crippen LogP contribution in [0.4, 0.5) is 5.82 Å². The molecule has 0 saturated heterocycles. The van der Waals surface area contributed by atoms with Crippen molar-refractivity contribution in [3.05, 3.63) is 35.8 Å². The summed E-state index contributed by atoms with van der Waals surface area (Å²) in [6.07, 6.45) is 3.04. The van der Waals surface area contributed by atoms with Crippen LogP contribution in [-0.2, 0) is 11.2 Å². The highest BCUT2D eigenvalue weighted by Gasteiger charge is 2.15. The molecule has 1 aromatic rings. The number of hydrogen-bond acceptors (Lipinski definition) is 6. The van der Waals surface area contributed by atoms with Gasteiger partial charge in [-0.25, -0.2) is 4.98 Å². The Morgan fingerprint density at radius 1 is 1.57 bits per heavy atom. The van der Waals surface area contributed by atoms with Gasteiger partial charge in [-0.3, -0.25) is 10.2 Å². The smallest absolute Gasteiger partial charge is 0.168 e. The minimum Gasteiger partial charge on any atom is -0.386 e. The lowest BCUT2D eigenvalue weighted by Gasteiger charge is -2.22. The molecule has 0 aliphatic rings. The lowest BCUT2D eigenvalue weighted by molar-refractivity contribution is -0.102. The van der Waals surface area contributed by atoms with Crippen LogP contribution < -0.4 is 16.4 Å². The van der Waals surface area contributed by atoms with E-state index in [1.54, 1.807) is 13.2 Å². The summed E-state index contributed by atoms with van der Waals surface area (Å²) in [5, 5.41) is 13.7. The molecule has 0 aliphatic carbocycles. The van der Waals surface area contributed by atoms with Gasteiger partial charge in [0.2, 0.25) is 0 Å². The monoisotopic (exact) mass is 289 g/mol. The predicted molar refractivity (Wildman–Crippen MR) is 85.5 cm³/mol. The van der Waals surface area contributed by atoms with E-state index in [1.165, 1.54) is 0 Å². The van der Waals surface area contributed by atoms with Crippen LogP contribution in [0.15, 0.2) is 24.7 Å². The van der Waals surface area contributed by atoms with E-state index in [0.29, 0.717) is 29.4 Å². The van der Waals surface area contributed by atoms with Gasteiger partial charge >= 0.3 is 0 Å². The third kappa shape index (κ3) is 4.59. The van der Waals surface area contributed by atoms with Gasteiger partial charge in [-0.05, 0) is 30.9 Å². The van der Waals surface area contributed by atoms with Gasteiger partial charge in [-0.2, -0.15) is 0 Å². The van der Waals surface area contributed by atoms with Crippen LogP contribution in [0.5, 0.6) is 0 Å². The van der Waals surface area contributed by atoms with Gasteiger partial charge in [-0.15, -0.1) is 0 Å². The summed E-state index contributed by atoms with van der Waals surface area (Å²) in [5.74, 6) is 1.28. The SMILES string of the molecule is C=C(N)NC(C)C(C)Cc1cnc(NC)c(C(=N)C=O)c1. The molecule has 0 fully saturated rings. The van der Waals surface area contributed by atoms with Gasteiger partial charge in [-0.1, -0.05) is 13.5 Å². The number of rotatable bonds is 8. The van der Waals surface area contributed by atoms with Crippen LogP contribution in [0.1, 0.15) is 25.0 Å². The molecule has 2 unspecified atom stereocenters. The summed E-state index contributed by atoms with van der Waals surface area (Å²) in [6, 6.07) is 2.00. The first-order valence-electron chi connectivity index (χ1n) is 6.80. The van der Waals surface area contributed by atoms with Crippen LogP contribution in [-0.4, -0.2) is 30.1 Å². The van der Waals surface area contributed by atoms with Crippen LogP contribution in [0, 0.1) is 11.3 Å². The van der Waals surface area contributed by atoms with E-state index in [2.05, 4.69) is 29.1 Å². The Labute approximate surface area is 125 Å². The van der Waals surface area contributed by atoms with E-state index in [-0.39, 0.29) is 11.8 Å². The fraction of sp³-hybridized carbons (Fsp3) is 0.400. The minimum absolute atomic E-state index is 0.0807. The number of anilines is 1. The van der Waals surface area contributed by atoms with Crippen LogP contribution in [0.25, 0.3) is 0 Å². The molecular weight excluding hydrogens is 266 g/mol. The Hall–Kier alpha value is -2.37. The molecule has 5 N–H and O–H groups in total. The van der Waals surface area contributed by atoms with Gasteiger partial charge in [0.25, 0.3) is 0 Å². The van der Waals surface area contributed by atoms with Gasteiger partial charge in [0, 0.05) is 24.8 Å². The topological polar surface area (TPSA) is 104 Å². The molecule has 0 saturated carbocycles. The number of nitrogens with one attached hydrogen (secondary N) is 3. The molecule has 0 spiro atoms. The van der Waals surface area contributed by atoms with Gasteiger partial charge in [0.15, 0.2) is 6.29 Å². The average molecular weight is 289 g/mol. The fourth-order valence-corrected chi connectivity index (χ4v) is 2.07. The second-order valence-electron chi connectivity index (χ2n) is 5.16. The second-order valence-corrected chi connectivity index (χ2v) is 5.16. The highest BCUT2D eigenvalue weighted by molar-refractivity contribution is 6.36. The zero-order valence-corrected chi connectivity index (χ0v) is 12.7. The largest absolute Gasteiger partial charge is 0.386 e. The van der Waals surface area contributed by atoms with Gasteiger partial charge < -0.3 is 16.4 Å². The molecule has 0 aromatic carbocycles. The van der Waals surface area contributed by atoms with Gasteiger partial charge in [0.05, 0.1) is 5.82 Å². The molecule has 0 aliphatic heterocycles. The zero-order chi connectivity index (χ0) is 16.0. The zero-order valence-electron chi connectivity index (χ0n) is 12.7. The Kier molecular flexibility index (Phi) is 5.90. The summed E-state index contributed by atoms with van der Waals surface area (Å²) in [5.41, 5.74) is 6.96. The summed E-state index contributed by atoms with van der Waals surface area (Å²) >= 11 is 0. The molecule has 6 nitrogen and oxygen atoms in total. The summed E-state index contributed by atoms with van der Waals surface area (Å²) in [7, 11) is 1.71. The summed E-state index contributed by atoms with van der Waals surface area (Å²) < 4.78 is 0. The molecule has 0 bridgehead atoms. The number of aromatic nitrogens is 1. The molecule has 114 valence electrons. The van der Waals surface area contributed by atoms with Crippen molar-refractivity contribution in [3.8, 4) is 0 Å². The number of nitrogens with two attached hydrogens (primary N) is 1. The molecule has 1 heterocycles. The maximum absolute atomic E-state index is 10.8. The molecule has 6 heteroatoms. The molecule has 0 radical (unpaired) electrons. The number of carbonyl (C=O) groups excluding carboxylic acids is 1. The van der Waals surface area contributed by atoms with E-state index < -0.39 is 0 Å². The lowest BCUT2D eigenvalue weighted by atomic mass is 9.94. The Bertz CT molecular complexity index is 541. The van der Waals surface area contributed by atoms with E-state index in [9.17, 15) is 4.79 Å². The summed E-state index contributed by atoms with van der Waals surface area (Å²) in [6.45, 7) is 7.76. The first-order valence-corrected chi connectivity index (χ1v) is 6.80. The van der Waals surface area contributed by atoms with Crippen molar-refractivity contribution >= 4 is 17.8 Å². The highest BCUT2D eigenvalue weighted by Crippen LogP contribution is 2.18. The van der Waals surface area contributed by atoms with Crippen molar-refractivity contribution in [1.29, 1.82) is 5.41 Å². The number of carbonyl (C=O) groups is 1. The van der Waals surface area contributed by atoms with E-state index in [0.717, 1.165) is 12.0 Å². The third-order valence-corrected chi connectivity index (χ3v) is 3.41. The van der Waals surface area contributed by atoms with Crippen LogP contribution in [0.2, 0.25) is 0 Å². The van der Waals surface area contributed by atoms with E-state index in [1.807, 2.05) is 13.0 Å². The normalized spacial score (nSPS) is 13.1. The molecule has 21 heavy (non-hydrogen) atoms. The standard InChI is InChI=1S/C15H23N5O/c1-9(10(2)20-11(3)16)5-12-6-13(14(17)8-21)15(18-4)19-7-12/h6-10,17,20H,3,5,16H2,1-2,4H3,(H,18,19). The average Bonchev–Trinajstić information content (AvgIpc) is 2.45. The Balaban J connectivity index is 2.91. The Morgan fingerprint density at radius 3 is 2.76 bits per heavy atom. The quantitative estimate of drug-likeness (QED) is 0.426. The van der Waals surface area contributed by atoms with Crippen molar-refractivity contribution in [3.63, 3.8) is 0 Å². The summed E-state index contributed by atoms with van der Waals surface area (Å²) in [4.78, 5) is 15.1. The van der Waals surface area contributed by atoms with E-state index >= 15 is 0 Å². The van der Waals surface area contributed by atoms with Crippen molar-refractivity contribution in [2.45, 2.75) is 26.3 Å². The van der Waals surface area contributed by atoms with Crippen molar-refractivity contribution in [2.24, 2.45) is 11.7 Å². The maximum Gasteiger partial charge on any atom is 0.168 e. The number of nitrogens with zero attached hydrogens (tertiary/aromatic N) is 1. The van der Waals surface area contributed by atoms with Gasteiger partial charge in [0.1, 0.15) is 11.5 Å². The van der Waals surface area contributed by atoms with Crippen molar-refractivity contribution in [2.75, 3.05) is 12.4 Å². The first-order chi connectivity index (χ1) is 9.88. The molecule has 1 aromatic heterocycles. The van der Waals surface area contributed by atoms with E-state index in [4.69, 9.17) is 11.1 Å². The number of aldehydes is 1.